The Kier molecular flexibility index (Phi) is 17.3. The van der Waals surface area contributed by atoms with Crippen LogP contribution >= 0.6 is 0 Å². The first-order valence-electron chi connectivity index (χ1n) is 8.79. The quantitative estimate of drug-likeness (QED) is 0.489. The van der Waals surface area contributed by atoms with Gasteiger partial charge in [-0.1, -0.05) is 38.8 Å². The summed E-state index contributed by atoms with van der Waals surface area (Å²) in [5.41, 5.74) is 0. The molecule has 0 aromatic carbocycles. The second kappa shape index (κ2) is 16.1. The Morgan fingerprint density at radius 1 is 1.08 bits per heavy atom. The normalized spacial score (nSPS) is 14.9. The molecule has 0 aromatic rings. The third-order valence-corrected chi connectivity index (χ3v) is 5.11. The fraction of sp³-hybridized carbons (Fsp3) is 0.619. The summed E-state index contributed by atoms with van der Waals surface area (Å²) in [5, 5.41) is 20.5. The third-order valence-electron chi connectivity index (χ3n) is 2.86. The van der Waals surface area contributed by atoms with Gasteiger partial charge < -0.3 is 10.2 Å². The number of hydrogen-bond acceptors (Lipinski definition) is 2. The van der Waals surface area contributed by atoms with Crippen molar-refractivity contribution in [2.24, 2.45) is 0 Å². The van der Waals surface area contributed by atoms with E-state index in [0.29, 0.717) is 3.72 Å². The molecule has 0 spiro atoms. The van der Waals surface area contributed by atoms with Crippen LogP contribution in [0, 0.1) is 0 Å². The second-order valence-electron chi connectivity index (χ2n) is 7.05. The van der Waals surface area contributed by atoms with Crippen molar-refractivity contribution in [1.29, 1.82) is 0 Å². The maximum atomic E-state index is 10.2. The van der Waals surface area contributed by atoms with Crippen LogP contribution in [0.15, 0.2) is 47.4 Å². The predicted molar refractivity (Wildman–Crippen MR) is 99.3 cm³/mol. The van der Waals surface area contributed by atoms with E-state index in [1.165, 1.54) is 6.42 Å². The van der Waals surface area contributed by atoms with Crippen LogP contribution in [0.5, 0.6) is 0 Å². The Morgan fingerprint density at radius 2 is 1.54 bits per heavy atom. The van der Waals surface area contributed by atoms with Gasteiger partial charge in [0.05, 0.1) is 0 Å². The molecule has 2 nitrogen and oxygen atoms in total. The van der Waals surface area contributed by atoms with E-state index in [4.69, 9.17) is 0 Å². The molecule has 0 bridgehead atoms. The molecule has 0 amide bonds. The predicted octanol–water partition coefficient (Wildman–Crippen LogP) is 4.53. The Hall–Kier alpha value is -0.406. The molecular weight excluding hydrogens is 332 g/mol. The molecule has 0 N–H and O–H groups in total. The monoisotopic (exact) mass is 368 g/mol. The van der Waals surface area contributed by atoms with E-state index in [9.17, 15) is 10.2 Å². The van der Waals surface area contributed by atoms with E-state index in [1.807, 2.05) is 0 Å². The molecule has 1 aliphatic carbocycles. The molecular formula is C21H36O2Ti. The molecule has 0 fully saturated rings. The van der Waals surface area contributed by atoms with Crippen molar-refractivity contribution in [3.63, 3.8) is 0 Å². The maximum absolute atomic E-state index is 10.2. The molecule has 0 saturated heterocycles. The van der Waals surface area contributed by atoms with Crippen molar-refractivity contribution in [2.75, 3.05) is 0 Å². The Morgan fingerprint density at radius 3 is 1.75 bits per heavy atom. The Bertz CT molecular complexity index is 358. The number of hydrogen-bond donors (Lipinski definition) is 0. The van der Waals surface area contributed by atoms with Crippen molar-refractivity contribution in [2.45, 2.75) is 82.7 Å². The van der Waals surface area contributed by atoms with Gasteiger partial charge >= 0.3 is 72.2 Å². The summed E-state index contributed by atoms with van der Waals surface area (Å²) in [5.74, 6) is 0. The molecule has 3 heteroatoms. The van der Waals surface area contributed by atoms with Crippen LogP contribution in [0.3, 0.4) is 0 Å². The van der Waals surface area contributed by atoms with Crippen LogP contribution in [0.25, 0.3) is 0 Å². The van der Waals surface area contributed by atoms with Gasteiger partial charge in [0.25, 0.3) is 0 Å². The molecule has 2 atom stereocenters. The zero-order valence-electron chi connectivity index (χ0n) is 16.3. The van der Waals surface area contributed by atoms with Crippen LogP contribution in [-0.4, -0.2) is 12.2 Å². The molecule has 0 aromatic heterocycles. The number of allylic oxidation sites excluding steroid dienone is 6. The first-order valence-corrected chi connectivity index (χ1v) is 10.4. The van der Waals surface area contributed by atoms with Crippen molar-refractivity contribution in [3.8, 4) is 0 Å². The fourth-order valence-electron chi connectivity index (χ4n) is 1.73. The van der Waals surface area contributed by atoms with Crippen LogP contribution in [0.4, 0.5) is 0 Å². The fourth-order valence-corrected chi connectivity index (χ4v) is 3.85. The summed E-state index contributed by atoms with van der Waals surface area (Å²) < 4.78 is 2.28. The van der Waals surface area contributed by atoms with Crippen molar-refractivity contribution < 1.29 is 29.4 Å². The molecule has 1 aliphatic rings. The minimum absolute atomic E-state index is 0.146. The molecule has 24 heavy (non-hydrogen) atoms. The van der Waals surface area contributed by atoms with E-state index < -0.39 is 12.2 Å². The molecule has 0 radical (unpaired) electrons. The van der Waals surface area contributed by atoms with Gasteiger partial charge in [-0.2, -0.15) is 0 Å². The average Bonchev–Trinajstić information content (AvgIpc) is 2.95. The first-order chi connectivity index (χ1) is 11.1. The third kappa shape index (κ3) is 23.9. The molecule has 1 rings (SSSR count). The first kappa shape index (κ1) is 25.8. The van der Waals surface area contributed by atoms with E-state index in [0.717, 1.165) is 25.7 Å². The Balaban J connectivity index is 0. The van der Waals surface area contributed by atoms with Gasteiger partial charge in [-0.05, 0) is 12.8 Å². The minimum atomic E-state index is -0.419. The average molecular weight is 368 g/mol. The standard InChI is InChI=1S/2C6H11O.C5H5.C4H9.Ti/c2*1-3-4-5-6(2)7;1-2-4-5-3-1;1-4(2)3;/h2*3,6H,1,4-5H2,2H3;1-3H,4H2;1-3H3;/q2*-1;;;+2. The molecule has 136 valence electrons. The van der Waals surface area contributed by atoms with Gasteiger partial charge in [-0.15, -0.1) is 25.4 Å². The van der Waals surface area contributed by atoms with E-state index in [-0.39, 0.29) is 19.2 Å². The topological polar surface area (TPSA) is 46.1 Å². The van der Waals surface area contributed by atoms with Crippen molar-refractivity contribution >= 4 is 0 Å². The summed E-state index contributed by atoms with van der Waals surface area (Å²) in [4.78, 5) is 0. The van der Waals surface area contributed by atoms with Crippen LogP contribution in [-0.2, 0) is 19.2 Å². The van der Waals surface area contributed by atoms with Crippen molar-refractivity contribution in [3.05, 3.63) is 47.4 Å². The Labute approximate surface area is 159 Å². The van der Waals surface area contributed by atoms with Crippen LogP contribution in [0.2, 0.25) is 3.72 Å². The van der Waals surface area contributed by atoms with E-state index >= 15 is 0 Å². The summed E-state index contributed by atoms with van der Waals surface area (Å²) in [7, 11) is 0. The van der Waals surface area contributed by atoms with Crippen LogP contribution in [0.1, 0.15) is 66.7 Å². The zero-order chi connectivity index (χ0) is 19.0. The summed E-state index contributed by atoms with van der Waals surface area (Å²) >= 11 is 0.146. The van der Waals surface area contributed by atoms with Gasteiger partial charge in [0.2, 0.25) is 0 Å². The van der Waals surface area contributed by atoms with Crippen LogP contribution < -0.4 is 10.2 Å². The van der Waals surface area contributed by atoms with Gasteiger partial charge in [0, 0.05) is 0 Å². The van der Waals surface area contributed by atoms with E-state index in [2.05, 4.69) is 52.2 Å². The molecule has 2 unspecified atom stereocenters. The van der Waals surface area contributed by atoms with Gasteiger partial charge in [-0.3, -0.25) is 0 Å². The second-order valence-corrected chi connectivity index (χ2v) is 10.8. The number of rotatable bonds is 7. The SMILES string of the molecule is C=CCCC(C)[O-].C=CCCC(C)[O-].C[C](C)(C)[Ti+2][C]1=CC=CC1. The molecule has 0 aliphatic heterocycles. The molecule has 0 saturated carbocycles. The van der Waals surface area contributed by atoms with Crippen molar-refractivity contribution in [1.82, 2.24) is 0 Å². The summed E-state index contributed by atoms with van der Waals surface area (Å²) in [6.07, 6.45) is 13.8. The van der Waals surface area contributed by atoms with Gasteiger partial charge in [-0.25, -0.2) is 0 Å². The van der Waals surface area contributed by atoms with Gasteiger partial charge in [0.1, 0.15) is 0 Å². The molecule has 0 heterocycles. The van der Waals surface area contributed by atoms with E-state index in [1.54, 1.807) is 29.9 Å². The summed E-state index contributed by atoms with van der Waals surface area (Å²) in [6, 6.07) is 0. The zero-order valence-corrected chi connectivity index (χ0v) is 17.9. The van der Waals surface area contributed by atoms with Gasteiger partial charge in [0.15, 0.2) is 0 Å². The summed E-state index contributed by atoms with van der Waals surface area (Å²) in [6.45, 7) is 17.3.